The van der Waals surface area contributed by atoms with Gasteiger partial charge in [0.25, 0.3) is 0 Å². The summed E-state index contributed by atoms with van der Waals surface area (Å²) in [7, 11) is 0. The first kappa shape index (κ1) is 13.1. The Morgan fingerprint density at radius 1 is 1.53 bits per heavy atom. The highest BCUT2D eigenvalue weighted by Gasteiger charge is 2.08. The van der Waals surface area contributed by atoms with Gasteiger partial charge in [0, 0.05) is 18.4 Å². The van der Waals surface area contributed by atoms with E-state index in [4.69, 9.17) is 10.5 Å². The van der Waals surface area contributed by atoms with Gasteiger partial charge in [0.05, 0.1) is 17.6 Å². The van der Waals surface area contributed by atoms with E-state index in [0.29, 0.717) is 5.69 Å². The summed E-state index contributed by atoms with van der Waals surface area (Å²) in [4.78, 5) is 11.6. The molecule has 0 radical (unpaired) electrons. The molecule has 0 amide bonds. The largest absolute Gasteiger partial charge is 0.458 e. The molecule has 0 bridgehead atoms. The Bertz CT molecular complexity index is 558. The summed E-state index contributed by atoms with van der Waals surface area (Å²) in [5.74, 6) is -0.373. The SMILES string of the molecule is CC(C)n1ccc(COC(=O)Cn2cc(N)cn2)n1. The van der Waals surface area contributed by atoms with Crippen molar-refractivity contribution in [2.45, 2.75) is 33.0 Å². The predicted octanol–water partition coefficient (Wildman–Crippen LogP) is 0.986. The first-order valence-electron chi connectivity index (χ1n) is 6.02. The molecule has 2 heterocycles. The van der Waals surface area contributed by atoms with Crippen molar-refractivity contribution in [3.63, 3.8) is 0 Å². The Morgan fingerprint density at radius 3 is 2.89 bits per heavy atom. The van der Waals surface area contributed by atoms with Gasteiger partial charge >= 0.3 is 5.97 Å². The lowest BCUT2D eigenvalue weighted by molar-refractivity contribution is -0.146. The summed E-state index contributed by atoms with van der Waals surface area (Å²) < 4.78 is 8.37. The van der Waals surface area contributed by atoms with Crippen LogP contribution < -0.4 is 5.73 Å². The second-order valence-electron chi connectivity index (χ2n) is 4.51. The van der Waals surface area contributed by atoms with Gasteiger partial charge in [-0.05, 0) is 19.9 Å². The number of nitrogen functional groups attached to an aromatic ring is 1. The van der Waals surface area contributed by atoms with Crippen LogP contribution in [0.15, 0.2) is 24.7 Å². The van der Waals surface area contributed by atoms with Crippen LogP contribution in [0.4, 0.5) is 5.69 Å². The molecule has 2 rings (SSSR count). The quantitative estimate of drug-likeness (QED) is 0.812. The van der Waals surface area contributed by atoms with Crippen LogP contribution >= 0.6 is 0 Å². The topological polar surface area (TPSA) is 88.0 Å². The number of carbonyl (C=O) groups excluding carboxylic acids is 1. The van der Waals surface area contributed by atoms with E-state index < -0.39 is 0 Å². The van der Waals surface area contributed by atoms with Crippen LogP contribution in [0.3, 0.4) is 0 Å². The molecule has 2 N–H and O–H groups in total. The molecule has 7 heteroatoms. The lowest BCUT2D eigenvalue weighted by atomic mass is 10.4. The van der Waals surface area contributed by atoms with Gasteiger partial charge in [-0.3, -0.25) is 14.2 Å². The molecule has 0 fully saturated rings. The number of nitrogens with zero attached hydrogens (tertiary/aromatic N) is 4. The van der Waals surface area contributed by atoms with Gasteiger partial charge in [-0.1, -0.05) is 0 Å². The van der Waals surface area contributed by atoms with E-state index >= 15 is 0 Å². The van der Waals surface area contributed by atoms with Crippen molar-refractivity contribution in [1.82, 2.24) is 19.6 Å². The van der Waals surface area contributed by atoms with E-state index in [0.717, 1.165) is 5.69 Å². The van der Waals surface area contributed by atoms with Crippen molar-refractivity contribution in [2.24, 2.45) is 0 Å². The molecule has 0 aliphatic heterocycles. The van der Waals surface area contributed by atoms with Crippen molar-refractivity contribution in [3.05, 3.63) is 30.4 Å². The monoisotopic (exact) mass is 263 g/mol. The summed E-state index contributed by atoms with van der Waals surface area (Å²) in [6, 6.07) is 2.12. The van der Waals surface area contributed by atoms with E-state index in [1.807, 2.05) is 30.8 Å². The predicted molar refractivity (Wildman–Crippen MR) is 69.0 cm³/mol. The molecule has 0 aliphatic carbocycles. The molecule has 7 nitrogen and oxygen atoms in total. The summed E-state index contributed by atoms with van der Waals surface area (Å²) >= 11 is 0. The van der Waals surface area contributed by atoms with Crippen molar-refractivity contribution >= 4 is 11.7 Å². The minimum Gasteiger partial charge on any atom is -0.458 e. The molecule has 19 heavy (non-hydrogen) atoms. The molecular formula is C12H17N5O2. The van der Waals surface area contributed by atoms with E-state index in [1.54, 1.807) is 6.20 Å². The average molecular weight is 263 g/mol. The standard InChI is InChI=1S/C12H17N5O2/c1-9(2)17-4-3-11(15-17)8-19-12(18)7-16-6-10(13)5-14-16/h3-6,9H,7-8,13H2,1-2H3. The fourth-order valence-electron chi connectivity index (χ4n) is 1.54. The normalized spacial score (nSPS) is 10.9. The van der Waals surface area contributed by atoms with E-state index in [2.05, 4.69) is 10.2 Å². The fourth-order valence-corrected chi connectivity index (χ4v) is 1.54. The molecule has 0 saturated heterocycles. The highest BCUT2D eigenvalue weighted by Crippen LogP contribution is 2.05. The third kappa shape index (κ3) is 3.57. The van der Waals surface area contributed by atoms with Crippen LogP contribution in [0.2, 0.25) is 0 Å². The molecule has 0 unspecified atom stereocenters. The third-order valence-corrected chi connectivity index (χ3v) is 2.52. The van der Waals surface area contributed by atoms with Crippen molar-refractivity contribution in [2.75, 3.05) is 5.73 Å². The van der Waals surface area contributed by atoms with E-state index in [9.17, 15) is 4.79 Å². The number of anilines is 1. The highest BCUT2D eigenvalue weighted by atomic mass is 16.5. The summed E-state index contributed by atoms with van der Waals surface area (Å²) in [6.07, 6.45) is 4.92. The van der Waals surface area contributed by atoms with Crippen LogP contribution in [0.1, 0.15) is 25.6 Å². The maximum atomic E-state index is 11.6. The zero-order valence-corrected chi connectivity index (χ0v) is 11.0. The minimum atomic E-state index is -0.373. The first-order chi connectivity index (χ1) is 9.04. The van der Waals surface area contributed by atoms with Gasteiger partial charge < -0.3 is 10.5 Å². The smallest absolute Gasteiger partial charge is 0.328 e. The van der Waals surface area contributed by atoms with Gasteiger partial charge in [-0.15, -0.1) is 0 Å². The number of hydrogen-bond acceptors (Lipinski definition) is 5. The Kier molecular flexibility index (Phi) is 3.84. The van der Waals surface area contributed by atoms with E-state index in [-0.39, 0.29) is 25.2 Å². The zero-order chi connectivity index (χ0) is 13.8. The molecule has 0 aromatic carbocycles. The van der Waals surface area contributed by atoms with E-state index in [1.165, 1.54) is 10.9 Å². The van der Waals surface area contributed by atoms with Crippen LogP contribution in [-0.4, -0.2) is 25.5 Å². The molecule has 0 spiro atoms. The number of ether oxygens (including phenoxy) is 1. The lowest BCUT2D eigenvalue weighted by Gasteiger charge is -2.05. The number of rotatable bonds is 5. The maximum Gasteiger partial charge on any atom is 0.328 e. The Morgan fingerprint density at radius 2 is 2.32 bits per heavy atom. The second-order valence-corrected chi connectivity index (χ2v) is 4.51. The number of hydrogen-bond donors (Lipinski definition) is 1. The summed E-state index contributed by atoms with van der Waals surface area (Å²) in [5.41, 5.74) is 6.74. The number of nitrogens with two attached hydrogens (primary N) is 1. The summed E-state index contributed by atoms with van der Waals surface area (Å²) in [5, 5.41) is 8.20. The highest BCUT2D eigenvalue weighted by molar-refractivity contribution is 5.69. The molecule has 2 aromatic rings. The van der Waals surface area contributed by atoms with Crippen LogP contribution in [-0.2, 0) is 22.7 Å². The molecule has 0 saturated carbocycles. The lowest BCUT2D eigenvalue weighted by Crippen LogP contribution is -2.14. The molecule has 0 aliphatic rings. The fraction of sp³-hybridized carbons (Fsp3) is 0.417. The first-order valence-corrected chi connectivity index (χ1v) is 6.02. The van der Waals surface area contributed by atoms with Gasteiger partial charge in [-0.2, -0.15) is 10.2 Å². The Labute approximate surface area is 111 Å². The molecular weight excluding hydrogens is 246 g/mol. The molecule has 102 valence electrons. The van der Waals surface area contributed by atoms with Crippen molar-refractivity contribution in [3.8, 4) is 0 Å². The van der Waals surface area contributed by atoms with Gasteiger partial charge in [0.15, 0.2) is 0 Å². The number of aromatic nitrogens is 4. The van der Waals surface area contributed by atoms with Crippen LogP contribution in [0.25, 0.3) is 0 Å². The van der Waals surface area contributed by atoms with Crippen molar-refractivity contribution in [1.29, 1.82) is 0 Å². The number of esters is 1. The Balaban J connectivity index is 1.82. The third-order valence-electron chi connectivity index (χ3n) is 2.52. The van der Waals surface area contributed by atoms with Crippen molar-refractivity contribution < 1.29 is 9.53 Å². The summed E-state index contributed by atoms with van der Waals surface area (Å²) in [6.45, 7) is 4.27. The average Bonchev–Trinajstić information content (AvgIpc) is 2.96. The van der Waals surface area contributed by atoms with Gasteiger partial charge in [-0.25, -0.2) is 0 Å². The van der Waals surface area contributed by atoms with Crippen LogP contribution in [0, 0.1) is 0 Å². The van der Waals surface area contributed by atoms with Crippen LogP contribution in [0.5, 0.6) is 0 Å². The zero-order valence-electron chi connectivity index (χ0n) is 11.0. The second kappa shape index (κ2) is 5.55. The molecule has 0 atom stereocenters. The maximum absolute atomic E-state index is 11.6. The Hall–Kier alpha value is -2.31. The van der Waals surface area contributed by atoms with Gasteiger partial charge in [0.1, 0.15) is 13.2 Å². The minimum absolute atomic E-state index is 0.0437. The number of carbonyl (C=O) groups is 1. The van der Waals surface area contributed by atoms with Gasteiger partial charge in [0.2, 0.25) is 0 Å². The molecule has 2 aromatic heterocycles.